The van der Waals surface area contributed by atoms with Crippen LogP contribution in [-0.4, -0.2) is 5.91 Å². The van der Waals surface area contributed by atoms with Gasteiger partial charge in [-0.3, -0.25) is 4.79 Å². The fourth-order valence-corrected chi connectivity index (χ4v) is 2.20. The highest BCUT2D eigenvalue weighted by molar-refractivity contribution is 6.36. The first-order chi connectivity index (χ1) is 9.09. The summed E-state index contributed by atoms with van der Waals surface area (Å²) in [5, 5.41) is 3.79. The normalized spacial score (nSPS) is 10.2. The second kappa shape index (κ2) is 5.95. The van der Waals surface area contributed by atoms with Gasteiger partial charge in [-0.05, 0) is 24.3 Å². The topological polar surface area (TPSA) is 55.1 Å². The van der Waals surface area contributed by atoms with Gasteiger partial charge in [0.05, 0.1) is 5.56 Å². The summed E-state index contributed by atoms with van der Waals surface area (Å²) < 4.78 is 0. The van der Waals surface area contributed by atoms with Gasteiger partial charge in [0, 0.05) is 27.8 Å². The van der Waals surface area contributed by atoms with Gasteiger partial charge in [-0.2, -0.15) is 0 Å². The number of benzene rings is 2. The zero-order chi connectivity index (χ0) is 13.8. The standard InChI is InChI=1S/C14H12Cl2N2O/c15-11-5-3-6-12(16)10(11)8-18-14(19)9-4-1-2-7-13(9)17/h1-7H,8,17H2,(H,18,19). The Bertz CT molecular complexity index is 594. The van der Waals surface area contributed by atoms with Crippen LogP contribution < -0.4 is 11.1 Å². The number of nitrogens with one attached hydrogen (secondary N) is 1. The minimum atomic E-state index is -0.255. The van der Waals surface area contributed by atoms with Crippen molar-refractivity contribution in [3.05, 3.63) is 63.6 Å². The molecule has 0 aliphatic rings. The first-order valence-corrected chi connectivity index (χ1v) is 6.41. The fraction of sp³-hybridized carbons (Fsp3) is 0.0714. The lowest BCUT2D eigenvalue weighted by atomic mass is 10.1. The zero-order valence-electron chi connectivity index (χ0n) is 9.99. The van der Waals surface area contributed by atoms with Gasteiger partial charge in [-0.25, -0.2) is 0 Å². The van der Waals surface area contributed by atoms with E-state index in [0.717, 1.165) is 0 Å². The molecule has 2 aromatic carbocycles. The highest BCUT2D eigenvalue weighted by Gasteiger charge is 2.11. The van der Waals surface area contributed by atoms with Crippen molar-refractivity contribution < 1.29 is 4.79 Å². The van der Waals surface area contributed by atoms with Crippen LogP contribution in [0.15, 0.2) is 42.5 Å². The third-order valence-corrected chi connectivity index (χ3v) is 3.40. The van der Waals surface area contributed by atoms with Crippen molar-refractivity contribution in [2.45, 2.75) is 6.54 Å². The molecular weight excluding hydrogens is 283 g/mol. The number of halogens is 2. The van der Waals surface area contributed by atoms with Gasteiger partial charge in [-0.1, -0.05) is 41.4 Å². The molecule has 0 bridgehead atoms. The molecule has 0 aliphatic heterocycles. The van der Waals surface area contributed by atoms with Crippen molar-refractivity contribution in [1.82, 2.24) is 5.32 Å². The molecule has 1 amide bonds. The number of nitrogen functional groups attached to an aromatic ring is 1. The number of hydrogen-bond donors (Lipinski definition) is 2. The van der Waals surface area contributed by atoms with Crippen LogP contribution >= 0.6 is 23.2 Å². The lowest BCUT2D eigenvalue weighted by molar-refractivity contribution is 0.0952. The van der Waals surface area contributed by atoms with Crippen LogP contribution in [0.5, 0.6) is 0 Å². The molecular formula is C14H12Cl2N2O. The Morgan fingerprint density at radius 1 is 1.05 bits per heavy atom. The molecule has 3 nitrogen and oxygen atoms in total. The van der Waals surface area contributed by atoms with Crippen molar-refractivity contribution in [2.75, 3.05) is 5.73 Å². The lowest BCUT2D eigenvalue weighted by Gasteiger charge is -2.10. The van der Waals surface area contributed by atoms with E-state index in [9.17, 15) is 4.79 Å². The largest absolute Gasteiger partial charge is 0.398 e. The second-order valence-corrected chi connectivity index (χ2v) is 4.78. The molecule has 0 heterocycles. The van der Waals surface area contributed by atoms with Crippen LogP contribution in [0.3, 0.4) is 0 Å². The van der Waals surface area contributed by atoms with E-state index in [0.29, 0.717) is 26.9 Å². The Morgan fingerprint density at radius 3 is 2.32 bits per heavy atom. The monoisotopic (exact) mass is 294 g/mol. The van der Waals surface area contributed by atoms with Crippen LogP contribution in [0.1, 0.15) is 15.9 Å². The molecule has 98 valence electrons. The first kappa shape index (κ1) is 13.7. The van der Waals surface area contributed by atoms with Crippen molar-refractivity contribution in [2.24, 2.45) is 0 Å². The average molecular weight is 295 g/mol. The molecule has 0 saturated carbocycles. The smallest absolute Gasteiger partial charge is 0.253 e. The van der Waals surface area contributed by atoms with Crippen LogP contribution in [0.2, 0.25) is 10.0 Å². The van der Waals surface area contributed by atoms with Gasteiger partial charge >= 0.3 is 0 Å². The predicted octanol–water partition coefficient (Wildman–Crippen LogP) is 3.51. The number of carbonyl (C=O) groups excluding carboxylic acids is 1. The molecule has 0 aromatic heterocycles. The first-order valence-electron chi connectivity index (χ1n) is 5.65. The van der Waals surface area contributed by atoms with Gasteiger partial charge in [0.2, 0.25) is 0 Å². The zero-order valence-corrected chi connectivity index (χ0v) is 11.5. The third kappa shape index (κ3) is 3.19. The summed E-state index contributed by atoms with van der Waals surface area (Å²) in [5.74, 6) is -0.255. The van der Waals surface area contributed by atoms with E-state index in [-0.39, 0.29) is 12.5 Å². The molecule has 0 atom stereocenters. The second-order valence-electron chi connectivity index (χ2n) is 3.97. The molecule has 2 rings (SSSR count). The Kier molecular flexibility index (Phi) is 4.30. The molecule has 0 aliphatic carbocycles. The predicted molar refractivity (Wildman–Crippen MR) is 78.5 cm³/mol. The highest BCUT2D eigenvalue weighted by Crippen LogP contribution is 2.24. The Morgan fingerprint density at radius 2 is 1.68 bits per heavy atom. The molecule has 3 N–H and O–H groups in total. The number of nitrogens with two attached hydrogens (primary N) is 1. The quantitative estimate of drug-likeness (QED) is 0.851. The summed E-state index contributed by atoms with van der Waals surface area (Å²) in [6, 6.07) is 12.1. The minimum Gasteiger partial charge on any atom is -0.398 e. The molecule has 19 heavy (non-hydrogen) atoms. The fourth-order valence-electron chi connectivity index (χ4n) is 1.67. The molecule has 0 radical (unpaired) electrons. The maximum Gasteiger partial charge on any atom is 0.253 e. The van der Waals surface area contributed by atoms with Gasteiger partial charge < -0.3 is 11.1 Å². The molecule has 2 aromatic rings. The van der Waals surface area contributed by atoms with E-state index in [4.69, 9.17) is 28.9 Å². The number of anilines is 1. The van der Waals surface area contributed by atoms with Gasteiger partial charge in [0.1, 0.15) is 0 Å². The average Bonchev–Trinajstić information content (AvgIpc) is 2.38. The summed E-state index contributed by atoms with van der Waals surface area (Å²) in [4.78, 5) is 12.0. The summed E-state index contributed by atoms with van der Waals surface area (Å²) in [6.45, 7) is 0.256. The van der Waals surface area contributed by atoms with Crippen LogP contribution in [0.25, 0.3) is 0 Å². The minimum absolute atomic E-state index is 0.255. The van der Waals surface area contributed by atoms with Gasteiger partial charge in [0.15, 0.2) is 0 Å². The number of para-hydroxylation sites is 1. The summed E-state index contributed by atoms with van der Waals surface area (Å²) >= 11 is 12.1. The third-order valence-electron chi connectivity index (χ3n) is 2.69. The van der Waals surface area contributed by atoms with E-state index in [1.54, 1.807) is 42.5 Å². The summed E-state index contributed by atoms with van der Waals surface area (Å²) in [6.07, 6.45) is 0. The van der Waals surface area contributed by atoms with E-state index < -0.39 is 0 Å². The van der Waals surface area contributed by atoms with E-state index in [1.807, 2.05) is 0 Å². The number of rotatable bonds is 3. The number of carbonyl (C=O) groups is 1. The Hall–Kier alpha value is -1.71. The Labute approximate surface area is 121 Å². The Balaban J connectivity index is 2.11. The SMILES string of the molecule is Nc1ccccc1C(=O)NCc1c(Cl)cccc1Cl. The number of hydrogen-bond acceptors (Lipinski definition) is 2. The summed E-state index contributed by atoms with van der Waals surface area (Å²) in [7, 11) is 0. The van der Waals surface area contributed by atoms with Crippen LogP contribution in [-0.2, 0) is 6.54 Å². The van der Waals surface area contributed by atoms with Crippen LogP contribution in [0, 0.1) is 0 Å². The molecule has 0 unspecified atom stereocenters. The van der Waals surface area contributed by atoms with E-state index >= 15 is 0 Å². The van der Waals surface area contributed by atoms with Crippen molar-refractivity contribution >= 4 is 34.8 Å². The van der Waals surface area contributed by atoms with Gasteiger partial charge in [-0.15, -0.1) is 0 Å². The lowest BCUT2D eigenvalue weighted by Crippen LogP contribution is -2.24. The highest BCUT2D eigenvalue weighted by atomic mass is 35.5. The van der Waals surface area contributed by atoms with Crippen molar-refractivity contribution in [1.29, 1.82) is 0 Å². The molecule has 0 saturated heterocycles. The molecule has 5 heteroatoms. The summed E-state index contributed by atoms with van der Waals surface area (Å²) in [5.41, 5.74) is 7.30. The van der Waals surface area contributed by atoms with E-state index in [1.165, 1.54) is 0 Å². The van der Waals surface area contributed by atoms with Crippen LogP contribution in [0.4, 0.5) is 5.69 Å². The van der Waals surface area contributed by atoms with Gasteiger partial charge in [0.25, 0.3) is 5.91 Å². The van der Waals surface area contributed by atoms with E-state index in [2.05, 4.69) is 5.32 Å². The maximum absolute atomic E-state index is 12.0. The maximum atomic E-state index is 12.0. The molecule has 0 spiro atoms. The van der Waals surface area contributed by atoms with Crippen molar-refractivity contribution in [3.63, 3.8) is 0 Å². The van der Waals surface area contributed by atoms with Crippen molar-refractivity contribution in [3.8, 4) is 0 Å². The molecule has 0 fully saturated rings. The number of amides is 1.